The number of alkyl halides is 3. The van der Waals surface area contributed by atoms with E-state index in [1.807, 2.05) is 0 Å². The second-order valence-electron chi connectivity index (χ2n) is 6.70. The number of para-hydroxylation sites is 1. The summed E-state index contributed by atoms with van der Waals surface area (Å²) in [6, 6.07) is 13.0. The molecule has 2 aromatic carbocycles. The zero-order valence-electron chi connectivity index (χ0n) is 16.8. The van der Waals surface area contributed by atoms with Gasteiger partial charge in [-0.3, -0.25) is 9.59 Å². The van der Waals surface area contributed by atoms with Crippen LogP contribution in [0.15, 0.2) is 59.7 Å². The number of rotatable bonds is 6. The maximum Gasteiger partial charge on any atom is 0.573 e. The summed E-state index contributed by atoms with van der Waals surface area (Å²) in [5.74, 6) is -2.27. The largest absolute Gasteiger partial charge is 0.573 e. The van der Waals surface area contributed by atoms with Crippen molar-refractivity contribution in [3.05, 3.63) is 54.6 Å². The normalized spacial score (nSPS) is 14.9. The van der Waals surface area contributed by atoms with Crippen LogP contribution in [-0.2, 0) is 19.1 Å². The number of nitrogens with one attached hydrogen (secondary N) is 1. The Bertz CT molecular complexity index is 1020. The van der Waals surface area contributed by atoms with E-state index in [-0.39, 0.29) is 30.1 Å². The molecule has 1 aliphatic heterocycles. The molecule has 1 atom stereocenters. The fraction of sp³-hybridized carbons (Fsp3) is 0.238. The van der Waals surface area contributed by atoms with Crippen molar-refractivity contribution >= 4 is 34.9 Å². The zero-order valence-corrected chi connectivity index (χ0v) is 16.8. The van der Waals surface area contributed by atoms with Crippen molar-refractivity contribution in [1.29, 1.82) is 0 Å². The molecule has 2 aromatic rings. The minimum Gasteiger partial charge on any atom is -0.448 e. The first-order valence-electron chi connectivity index (χ1n) is 9.45. The summed E-state index contributed by atoms with van der Waals surface area (Å²) in [6.45, 7) is 1.33. The van der Waals surface area contributed by atoms with Gasteiger partial charge in [-0.15, -0.1) is 13.2 Å². The highest BCUT2D eigenvalue weighted by atomic mass is 19.4. The van der Waals surface area contributed by atoms with Crippen LogP contribution in [0.3, 0.4) is 0 Å². The number of nitrogens with zero attached hydrogens (tertiary/aromatic N) is 2. The van der Waals surface area contributed by atoms with Gasteiger partial charge in [0, 0.05) is 18.5 Å². The second-order valence-corrected chi connectivity index (χ2v) is 6.70. The number of hydrogen-bond donors (Lipinski definition) is 1. The number of esters is 1. The molecule has 0 saturated carbocycles. The summed E-state index contributed by atoms with van der Waals surface area (Å²) in [4.78, 5) is 36.8. The molecular weight excluding hydrogens is 431 g/mol. The van der Waals surface area contributed by atoms with Gasteiger partial charge in [-0.05, 0) is 43.3 Å². The highest BCUT2D eigenvalue weighted by molar-refractivity contribution is 6.38. The van der Waals surface area contributed by atoms with Crippen LogP contribution < -0.4 is 15.1 Å². The van der Waals surface area contributed by atoms with E-state index >= 15 is 0 Å². The van der Waals surface area contributed by atoms with Gasteiger partial charge >= 0.3 is 12.3 Å². The topological polar surface area (TPSA) is 97.3 Å². The molecule has 1 N–H and O–H groups in total. The minimum absolute atomic E-state index is 0.0123. The van der Waals surface area contributed by atoms with Gasteiger partial charge in [-0.25, -0.2) is 9.80 Å². The second kappa shape index (κ2) is 9.50. The van der Waals surface area contributed by atoms with E-state index in [0.29, 0.717) is 5.69 Å². The summed E-state index contributed by atoms with van der Waals surface area (Å²) in [7, 11) is 0. The van der Waals surface area contributed by atoms with Crippen molar-refractivity contribution in [2.24, 2.45) is 5.10 Å². The number of anilines is 2. The number of hydrogen-bond acceptors (Lipinski definition) is 6. The maximum atomic E-state index is 12.4. The van der Waals surface area contributed by atoms with E-state index in [4.69, 9.17) is 4.74 Å². The van der Waals surface area contributed by atoms with E-state index in [9.17, 15) is 27.6 Å². The molecule has 0 saturated heterocycles. The Morgan fingerprint density at radius 3 is 2.34 bits per heavy atom. The minimum atomic E-state index is -4.82. The van der Waals surface area contributed by atoms with Gasteiger partial charge in [0.25, 0.3) is 5.91 Å². The molecular formula is C21H18F3N3O5. The van der Waals surface area contributed by atoms with Crippen molar-refractivity contribution in [1.82, 2.24) is 0 Å². The van der Waals surface area contributed by atoms with Crippen LogP contribution in [0.5, 0.6) is 5.75 Å². The molecule has 2 amide bonds. The molecule has 0 bridgehead atoms. The third-order valence-electron chi connectivity index (χ3n) is 4.28. The average molecular weight is 449 g/mol. The Balaban J connectivity index is 1.60. The maximum absolute atomic E-state index is 12.4. The number of amides is 2. The lowest BCUT2D eigenvalue weighted by molar-refractivity contribution is -0.274. The monoisotopic (exact) mass is 449 g/mol. The van der Waals surface area contributed by atoms with Crippen LogP contribution in [0, 0.1) is 0 Å². The lowest BCUT2D eigenvalue weighted by Crippen LogP contribution is -2.37. The summed E-state index contributed by atoms with van der Waals surface area (Å²) < 4.78 is 45.5. The summed E-state index contributed by atoms with van der Waals surface area (Å²) in [5.41, 5.74) is 0.663. The van der Waals surface area contributed by atoms with E-state index in [0.717, 1.165) is 17.1 Å². The number of benzene rings is 2. The standard InChI is InChI=1S/C21H18F3N3O5/c1-13(19(29)25-14-7-9-16(10-8-14)32-21(22,23)24)31-20(30)17-11-12-18(28)27(26-17)15-5-3-2-4-6-15/h2-10,13H,11-12H2,1H3,(H,25,29). The number of halogens is 3. The van der Waals surface area contributed by atoms with Gasteiger partial charge in [0.05, 0.1) is 5.69 Å². The smallest absolute Gasteiger partial charge is 0.448 e. The summed E-state index contributed by atoms with van der Waals surface area (Å²) >= 11 is 0. The van der Waals surface area contributed by atoms with Crippen LogP contribution in [0.1, 0.15) is 19.8 Å². The Labute approximate surface area is 180 Å². The van der Waals surface area contributed by atoms with E-state index in [1.54, 1.807) is 30.3 Å². The molecule has 0 aliphatic carbocycles. The predicted molar refractivity (Wildman–Crippen MR) is 108 cm³/mol. The molecule has 3 rings (SSSR count). The van der Waals surface area contributed by atoms with Crippen molar-refractivity contribution in [3.8, 4) is 5.75 Å². The van der Waals surface area contributed by atoms with Crippen LogP contribution in [0.2, 0.25) is 0 Å². The number of hydrazone groups is 1. The molecule has 1 aliphatic rings. The highest BCUT2D eigenvalue weighted by Crippen LogP contribution is 2.24. The van der Waals surface area contributed by atoms with Crippen LogP contribution in [0.25, 0.3) is 0 Å². The SMILES string of the molecule is CC(OC(=O)C1=NN(c2ccccc2)C(=O)CC1)C(=O)Nc1ccc(OC(F)(F)F)cc1. The molecule has 32 heavy (non-hydrogen) atoms. The van der Waals surface area contributed by atoms with Crippen LogP contribution in [0.4, 0.5) is 24.5 Å². The molecule has 168 valence electrons. The Morgan fingerprint density at radius 1 is 1.06 bits per heavy atom. The summed E-state index contributed by atoms with van der Waals surface area (Å²) in [6.07, 6.45) is -5.93. The Hall–Kier alpha value is -3.89. The number of carbonyl (C=O) groups excluding carboxylic acids is 3. The van der Waals surface area contributed by atoms with Crippen molar-refractivity contribution in [2.75, 3.05) is 10.3 Å². The molecule has 1 unspecified atom stereocenters. The predicted octanol–water partition coefficient (Wildman–Crippen LogP) is 3.64. The summed E-state index contributed by atoms with van der Waals surface area (Å²) in [5, 5.41) is 7.59. The van der Waals surface area contributed by atoms with Gasteiger partial charge in [0.1, 0.15) is 11.5 Å². The van der Waals surface area contributed by atoms with Gasteiger partial charge in [-0.1, -0.05) is 18.2 Å². The number of carbonyl (C=O) groups is 3. The van der Waals surface area contributed by atoms with Crippen LogP contribution >= 0.6 is 0 Å². The first-order valence-corrected chi connectivity index (χ1v) is 9.45. The quantitative estimate of drug-likeness (QED) is 0.680. The molecule has 0 aromatic heterocycles. The van der Waals surface area contributed by atoms with Gasteiger partial charge in [0.2, 0.25) is 5.91 Å². The van der Waals surface area contributed by atoms with Gasteiger partial charge < -0.3 is 14.8 Å². The molecule has 11 heteroatoms. The number of ether oxygens (including phenoxy) is 2. The lowest BCUT2D eigenvalue weighted by Gasteiger charge is -2.23. The third-order valence-corrected chi connectivity index (χ3v) is 4.28. The highest BCUT2D eigenvalue weighted by Gasteiger charge is 2.31. The fourth-order valence-corrected chi connectivity index (χ4v) is 2.74. The first-order chi connectivity index (χ1) is 15.1. The van der Waals surface area contributed by atoms with E-state index in [1.165, 1.54) is 19.1 Å². The third kappa shape index (κ3) is 6.06. The van der Waals surface area contributed by atoms with Gasteiger partial charge in [-0.2, -0.15) is 5.10 Å². The van der Waals surface area contributed by atoms with Gasteiger partial charge in [0.15, 0.2) is 6.10 Å². The van der Waals surface area contributed by atoms with E-state index in [2.05, 4.69) is 15.2 Å². The molecule has 8 nitrogen and oxygen atoms in total. The Morgan fingerprint density at radius 2 is 1.72 bits per heavy atom. The van der Waals surface area contributed by atoms with Crippen LogP contribution in [-0.4, -0.2) is 36.0 Å². The zero-order chi connectivity index (χ0) is 23.3. The first kappa shape index (κ1) is 22.8. The average Bonchev–Trinajstić information content (AvgIpc) is 2.75. The van der Waals surface area contributed by atoms with Crippen molar-refractivity contribution in [2.45, 2.75) is 32.2 Å². The Kier molecular flexibility index (Phi) is 6.76. The molecule has 0 fully saturated rings. The molecule has 0 radical (unpaired) electrons. The van der Waals surface area contributed by atoms with Crippen molar-refractivity contribution < 1.29 is 37.0 Å². The molecule has 1 heterocycles. The van der Waals surface area contributed by atoms with Crippen molar-refractivity contribution in [3.63, 3.8) is 0 Å². The van der Waals surface area contributed by atoms with E-state index < -0.39 is 30.1 Å². The molecule has 0 spiro atoms. The fourth-order valence-electron chi connectivity index (χ4n) is 2.74. The lowest BCUT2D eigenvalue weighted by atomic mass is 10.1.